The number of hydrogen-bond acceptors (Lipinski definition) is 2. The van der Waals surface area contributed by atoms with Crippen LogP contribution in [0.4, 0.5) is 10.5 Å². The number of nitrogens with one attached hydrogen (secondary N) is 1. The number of ether oxygens (including phenoxy) is 1. The van der Waals surface area contributed by atoms with Gasteiger partial charge in [0, 0.05) is 18.8 Å². The zero-order valence-corrected chi connectivity index (χ0v) is 15.7. The molecule has 138 valence electrons. The number of likely N-dealkylation sites (tertiary alicyclic amines) is 1. The number of hydrogen-bond donors (Lipinski definition) is 1. The summed E-state index contributed by atoms with van der Waals surface area (Å²) in [5.41, 5.74) is 2.19. The van der Waals surface area contributed by atoms with Crippen molar-refractivity contribution in [2.24, 2.45) is 5.92 Å². The highest BCUT2D eigenvalue weighted by Gasteiger charge is 2.23. The summed E-state index contributed by atoms with van der Waals surface area (Å²) >= 11 is 0. The van der Waals surface area contributed by atoms with E-state index in [2.05, 4.69) is 35.6 Å². The van der Waals surface area contributed by atoms with Gasteiger partial charge in [0.25, 0.3) is 0 Å². The lowest BCUT2D eigenvalue weighted by Crippen LogP contribution is -2.41. The van der Waals surface area contributed by atoms with E-state index in [-0.39, 0.29) is 12.1 Å². The first-order valence-corrected chi connectivity index (χ1v) is 9.47. The van der Waals surface area contributed by atoms with E-state index in [1.165, 1.54) is 5.56 Å². The second-order valence-electron chi connectivity index (χ2n) is 7.24. The molecule has 0 aliphatic carbocycles. The van der Waals surface area contributed by atoms with Crippen molar-refractivity contribution in [2.45, 2.75) is 39.2 Å². The van der Waals surface area contributed by atoms with Crippen LogP contribution in [-0.4, -0.2) is 30.1 Å². The maximum absolute atomic E-state index is 12.5. The molecule has 0 aromatic heterocycles. The number of urea groups is 1. The minimum absolute atomic E-state index is 0.0133. The number of carbonyl (C=O) groups is 1. The molecule has 0 bridgehead atoms. The van der Waals surface area contributed by atoms with Crippen LogP contribution in [0.2, 0.25) is 0 Å². The minimum Gasteiger partial charge on any atom is -0.491 e. The molecule has 2 aromatic rings. The lowest BCUT2D eigenvalue weighted by Gasteiger charge is -2.32. The molecule has 26 heavy (non-hydrogen) atoms. The van der Waals surface area contributed by atoms with Gasteiger partial charge in [-0.25, -0.2) is 4.79 Å². The maximum Gasteiger partial charge on any atom is 0.321 e. The third-order valence-corrected chi connectivity index (χ3v) is 4.75. The summed E-state index contributed by atoms with van der Waals surface area (Å²) in [6.07, 6.45) is 3.37. The molecule has 4 heteroatoms. The standard InChI is InChI=1S/C22H28N2O2/c1-17(2)26-21-10-8-20(9-11-21)23-22(25)24-14-12-19(13-15-24)16-18-6-4-3-5-7-18/h3-11,17,19H,12-16H2,1-2H3,(H,23,25). The molecule has 1 N–H and O–H groups in total. The van der Waals surface area contributed by atoms with Gasteiger partial charge >= 0.3 is 6.03 Å². The third-order valence-electron chi connectivity index (χ3n) is 4.75. The van der Waals surface area contributed by atoms with Crippen molar-refractivity contribution in [3.63, 3.8) is 0 Å². The SMILES string of the molecule is CC(C)Oc1ccc(NC(=O)N2CCC(Cc3ccccc3)CC2)cc1. The summed E-state index contributed by atoms with van der Waals surface area (Å²) in [6, 6.07) is 18.2. The largest absolute Gasteiger partial charge is 0.491 e. The Balaban J connectivity index is 1.46. The van der Waals surface area contributed by atoms with Crippen molar-refractivity contribution in [1.29, 1.82) is 0 Å². The van der Waals surface area contributed by atoms with E-state index in [0.29, 0.717) is 5.92 Å². The molecule has 0 unspecified atom stereocenters. The second kappa shape index (κ2) is 8.75. The summed E-state index contributed by atoms with van der Waals surface area (Å²) in [7, 11) is 0. The van der Waals surface area contributed by atoms with Crippen LogP contribution >= 0.6 is 0 Å². The molecule has 1 aliphatic rings. The van der Waals surface area contributed by atoms with Gasteiger partial charge in [-0.3, -0.25) is 0 Å². The van der Waals surface area contributed by atoms with Crippen LogP contribution in [0.15, 0.2) is 54.6 Å². The molecule has 1 aliphatic heterocycles. The summed E-state index contributed by atoms with van der Waals surface area (Å²) in [5.74, 6) is 1.48. The van der Waals surface area contributed by atoms with E-state index in [4.69, 9.17) is 4.74 Å². The van der Waals surface area contributed by atoms with E-state index in [9.17, 15) is 4.79 Å². The number of carbonyl (C=O) groups excluding carboxylic acids is 1. The quantitative estimate of drug-likeness (QED) is 0.826. The van der Waals surface area contributed by atoms with Crippen LogP contribution in [0.25, 0.3) is 0 Å². The Morgan fingerprint density at radius 3 is 2.35 bits per heavy atom. The summed E-state index contributed by atoms with van der Waals surface area (Å²) < 4.78 is 5.63. The van der Waals surface area contributed by atoms with E-state index in [1.54, 1.807) is 0 Å². The Morgan fingerprint density at radius 2 is 1.73 bits per heavy atom. The van der Waals surface area contributed by atoms with Gasteiger partial charge in [-0.1, -0.05) is 30.3 Å². The number of anilines is 1. The molecule has 0 radical (unpaired) electrons. The van der Waals surface area contributed by atoms with Gasteiger partial charge in [0.2, 0.25) is 0 Å². The van der Waals surface area contributed by atoms with E-state index in [1.807, 2.05) is 43.0 Å². The van der Waals surface area contributed by atoms with Gasteiger partial charge in [-0.05, 0) is 68.9 Å². The highest BCUT2D eigenvalue weighted by Crippen LogP contribution is 2.23. The van der Waals surface area contributed by atoms with Crippen LogP contribution in [0.3, 0.4) is 0 Å². The van der Waals surface area contributed by atoms with E-state index in [0.717, 1.165) is 43.8 Å². The highest BCUT2D eigenvalue weighted by atomic mass is 16.5. The van der Waals surface area contributed by atoms with Gasteiger partial charge in [0.15, 0.2) is 0 Å². The Labute approximate surface area is 156 Å². The van der Waals surface area contributed by atoms with E-state index < -0.39 is 0 Å². The zero-order valence-electron chi connectivity index (χ0n) is 15.7. The number of rotatable bonds is 5. The Kier molecular flexibility index (Phi) is 6.16. The fourth-order valence-corrected chi connectivity index (χ4v) is 3.38. The molecule has 2 amide bonds. The molecule has 2 aromatic carbocycles. The number of nitrogens with zero attached hydrogens (tertiary/aromatic N) is 1. The molecule has 0 atom stereocenters. The first-order chi connectivity index (χ1) is 12.6. The van der Waals surface area contributed by atoms with Gasteiger partial charge in [-0.15, -0.1) is 0 Å². The lowest BCUT2D eigenvalue weighted by atomic mass is 9.90. The molecule has 1 heterocycles. The average molecular weight is 352 g/mol. The van der Waals surface area contributed by atoms with Gasteiger partial charge in [-0.2, -0.15) is 0 Å². The molecule has 0 saturated carbocycles. The Hall–Kier alpha value is -2.49. The van der Waals surface area contributed by atoms with Crippen LogP contribution in [0, 0.1) is 5.92 Å². The second-order valence-corrected chi connectivity index (χ2v) is 7.24. The lowest BCUT2D eigenvalue weighted by molar-refractivity contribution is 0.182. The van der Waals surface area contributed by atoms with Crippen LogP contribution in [0.5, 0.6) is 5.75 Å². The topological polar surface area (TPSA) is 41.6 Å². The summed E-state index contributed by atoms with van der Waals surface area (Å²) in [6.45, 7) is 5.63. The molecule has 1 saturated heterocycles. The van der Waals surface area contributed by atoms with Crippen LogP contribution in [0.1, 0.15) is 32.3 Å². The average Bonchev–Trinajstić information content (AvgIpc) is 2.64. The van der Waals surface area contributed by atoms with Crippen LogP contribution < -0.4 is 10.1 Å². The first-order valence-electron chi connectivity index (χ1n) is 9.47. The number of amides is 2. The van der Waals surface area contributed by atoms with Crippen molar-refractivity contribution in [2.75, 3.05) is 18.4 Å². The van der Waals surface area contributed by atoms with Crippen molar-refractivity contribution < 1.29 is 9.53 Å². The molecule has 1 fully saturated rings. The first kappa shape index (κ1) is 18.3. The van der Waals surface area contributed by atoms with Gasteiger partial charge in [0.05, 0.1) is 6.10 Å². The number of piperidine rings is 1. The monoisotopic (exact) mass is 352 g/mol. The van der Waals surface area contributed by atoms with Gasteiger partial charge in [0.1, 0.15) is 5.75 Å². The summed E-state index contributed by atoms with van der Waals surface area (Å²) in [4.78, 5) is 14.4. The molecular weight excluding hydrogens is 324 g/mol. The van der Waals surface area contributed by atoms with Gasteiger partial charge < -0.3 is 15.0 Å². The van der Waals surface area contributed by atoms with E-state index >= 15 is 0 Å². The fraction of sp³-hybridized carbons (Fsp3) is 0.409. The Morgan fingerprint density at radius 1 is 1.08 bits per heavy atom. The number of benzene rings is 2. The molecule has 0 spiro atoms. The molecule has 3 rings (SSSR count). The predicted octanol–water partition coefficient (Wildman–Crippen LogP) is 4.96. The zero-order chi connectivity index (χ0) is 18.4. The van der Waals surface area contributed by atoms with Crippen molar-refractivity contribution in [1.82, 2.24) is 4.90 Å². The molecule has 4 nitrogen and oxygen atoms in total. The van der Waals surface area contributed by atoms with Crippen molar-refractivity contribution in [3.8, 4) is 5.75 Å². The van der Waals surface area contributed by atoms with Crippen molar-refractivity contribution >= 4 is 11.7 Å². The minimum atomic E-state index is -0.0133. The predicted molar refractivity (Wildman–Crippen MR) is 106 cm³/mol. The third kappa shape index (κ3) is 5.25. The highest BCUT2D eigenvalue weighted by molar-refractivity contribution is 5.89. The van der Waals surface area contributed by atoms with Crippen LogP contribution in [-0.2, 0) is 6.42 Å². The van der Waals surface area contributed by atoms with Crippen molar-refractivity contribution in [3.05, 3.63) is 60.2 Å². The maximum atomic E-state index is 12.5. The fourth-order valence-electron chi connectivity index (χ4n) is 3.38. The smallest absolute Gasteiger partial charge is 0.321 e. The normalized spacial score (nSPS) is 15.1. The Bertz CT molecular complexity index is 690. The molecular formula is C22H28N2O2. The summed E-state index contributed by atoms with van der Waals surface area (Å²) in [5, 5.41) is 2.99.